The number of esters is 1. The van der Waals surface area contributed by atoms with Crippen molar-refractivity contribution in [2.75, 3.05) is 40.3 Å². The predicted octanol–water partition coefficient (Wildman–Crippen LogP) is 0.0671. The highest BCUT2D eigenvalue weighted by molar-refractivity contribution is 5.76. The molecule has 0 heterocycles. The van der Waals surface area contributed by atoms with E-state index >= 15 is 0 Å². The third-order valence-electron chi connectivity index (χ3n) is 3.03. The molecule has 0 radical (unpaired) electrons. The fourth-order valence-electron chi connectivity index (χ4n) is 1.63. The Morgan fingerprint density at radius 3 is 2.37 bits per heavy atom. The molecule has 0 fully saturated rings. The maximum Gasteiger partial charge on any atom is 0.319 e. The van der Waals surface area contributed by atoms with Crippen LogP contribution in [0.4, 0.5) is 0 Å². The van der Waals surface area contributed by atoms with Crippen LogP contribution in [0.5, 0.6) is 0 Å². The molecular weight excluding hydrogens is 246 g/mol. The van der Waals surface area contributed by atoms with Crippen molar-refractivity contribution in [1.82, 2.24) is 9.80 Å². The van der Waals surface area contributed by atoms with Crippen molar-refractivity contribution < 1.29 is 14.3 Å². The Morgan fingerprint density at radius 1 is 1.26 bits per heavy atom. The average molecular weight is 273 g/mol. The van der Waals surface area contributed by atoms with Gasteiger partial charge in [-0.2, -0.15) is 0 Å². The minimum atomic E-state index is -0.280. The highest BCUT2D eigenvalue weighted by Crippen LogP contribution is 2.02. The minimum Gasteiger partial charge on any atom is -0.468 e. The van der Waals surface area contributed by atoms with E-state index in [1.165, 1.54) is 7.11 Å². The molecule has 0 aromatic heterocycles. The van der Waals surface area contributed by atoms with Crippen molar-refractivity contribution >= 4 is 11.9 Å². The first kappa shape index (κ1) is 17.9. The second kappa shape index (κ2) is 9.75. The molecule has 0 aliphatic rings. The van der Waals surface area contributed by atoms with Crippen LogP contribution in [0.15, 0.2) is 0 Å². The van der Waals surface area contributed by atoms with E-state index in [0.717, 1.165) is 6.42 Å². The van der Waals surface area contributed by atoms with Gasteiger partial charge in [0, 0.05) is 32.6 Å². The van der Waals surface area contributed by atoms with Crippen LogP contribution in [-0.2, 0) is 14.3 Å². The number of carbonyl (C=O) groups excluding carboxylic acids is 2. The number of ether oxygens (including phenoxy) is 1. The van der Waals surface area contributed by atoms with Crippen LogP contribution >= 0.6 is 0 Å². The number of amides is 1. The summed E-state index contributed by atoms with van der Waals surface area (Å²) in [6.07, 6.45) is 1.20. The van der Waals surface area contributed by atoms with Gasteiger partial charge in [0.15, 0.2) is 0 Å². The van der Waals surface area contributed by atoms with E-state index in [1.54, 1.807) is 11.9 Å². The molecule has 6 nitrogen and oxygen atoms in total. The van der Waals surface area contributed by atoms with Gasteiger partial charge in [-0.3, -0.25) is 14.5 Å². The molecule has 1 amide bonds. The lowest BCUT2D eigenvalue weighted by Gasteiger charge is -2.26. The summed E-state index contributed by atoms with van der Waals surface area (Å²) in [5.41, 5.74) is 5.41. The van der Waals surface area contributed by atoms with E-state index < -0.39 is 0 Å². The zero-order valence-corrected chi connectivity index (χ0v) is 12.5. The van der Waals surface area contributed by atoms with Crippen LogP contribution in [0.25, 0.3) is 0 Å². The van der Waals surface area contributed by atoms with Gasteiger partial charge in [0.05, 0.1) is 13.7 Å². The van der Waals surface area contributed by atoms with Gasteiger partial charge < -0.3 is 15.4 Å². The van der Waals surface area contributed by atoms with E-state index in [-0.39, 0.29) is 24.5 Å². The number of hydrogen-bond donors (Lipinski definition) is 1. The number of carbonyl (C=O) groups is 2. The van der Waals surface area contributed by atoms with Crippen LogP contribution in [0.3, 0.4) is 0 Å². The van der Waals surface area contributed by atoms with E-state index in [1.807, 2.05) is 18.7 Å². The number of nitrogens with two attached hydrogens (primary N) is 1. The lowest BCUT2D eigenvalue weighted by Crippen LogP contribution is -2.39. The molecule has 0 aromatic rings. The van der Waals surface area contributed by atoms with Gasteiger partial charge in [-0.05, 0) is 26.8 Å². The summed E-state index contributed by atoms with van der Waals surface area (Å²) in [4.78, 5) is 26.8. The molecule has 0 unspecified atom stereocenters. The fraction of sp³-hybridized carbons (Fsp3) is 0.846. The van der Waals surface area contributed by atoms with E-state index in [2.05, 4.69) is 4.74 Å². The monoisotopic (exact) mass is 273 g/mol. The first-order chi connectivity index (χ1) is 8.92. The largest absolute Gasteiger partial charge is 0.468 e. The SMILES string of the molecule is COC(=O)CN(CCC(=O)N(C)CCCN)C(C)C. The summed E-state index contributed by atoms with van der Waals surface area (Å²) in [7, 11) is 3.14. The Kier molecular flexibility index (Phi) is 9.16. The molecule has 0 bridgehead atoms. The van der Waals surface area contributed by atoms with Gasteiger partial charge in [-0.15, -0.1) is 0 Å². The van der Waals surface area contributed by atoms with Crippen molar-refractivity contribution in [3.05, 3.63) is 0 Å². The molecule has 0 saturated carbocycles. The molecule has 0 aliphatic carbocycles. The molecule has 19 heavy (non-hydrogen) atoms. The van der Waals surface area contributed by atoms with Crippen molar-refractivity contribution in [3.63, 3.8) is 0 Å². The van der Waals surface area contributed by atoms with Gasteiger partial charge in [0.25, 0.3) is 0 Å². The van der Waals surface area contributed by atoms with Gasteiger partial charge in [0.2, 0.25) is 5.91 Å². The third kappa shape index (κ3) is 7.79. The topological polar surface area (TPSA) is 75.9 Å². The molecule has 0 rings (SSSR count). The Labute approximate surface area is 115 Å². The fourth-order valence-corrected chi connectivity index (χ4v) is 1.63. The Morgan fingerprint density at radius 2 is 1.89 bits per heavy atom. The van der Waals surface area contributed by atoms with Crippen molar-refractivity contribution in [2.24, 2.45) is 5.73 Å². The Hall–Kier alpha value is -1.14. The number of methoxy groups -OCH3 is 1. The second-order valence-corrected chi connectivity index (χ2v) is 4.85. The highest BCUT2D eigenvalue weighted by atomic mass is 16.5. The number of nitrogens with zero attached hydrogens (tertiary/aromatic N) is 2. The lowest BCUT2D eigenvalue weighted by molar-refractivity contribution is -0.143. The zero-order chi connectivity index (χ0) is 14.8. The molecule has 0 aliphatic heterocycles. The molecule has 0 atom stereocenters. The summed E-state index contributed by atoms with van der Waals surface area (Å²) >= 11 is 0. The van der Waals surface area contributed by atoms with Gasteiger partial charge in [-0.25, -0.2) is 0 Å². The second-order valence-electron chi connectivity index (χ2n) is 4.85. The lowest BCUT2D eigenvalue weighted by atomic mass is 10.2. The summed E-state index contributed by atoms with van der Waals surface area (Å²) in [6.45, 7) is 6.01. The Bertz CT molecular complexity index is 282. The summed E-state index contributed by atoms with van der Waals surface area (Å²) in [5, 5.41) is 0. The van der Waals surface area contributed by atoms with Crippen LogP contribution in [0.1, 0.15) is 26.7 Å². The maximum atomic E-state index is 11.9. The standard InChI is InChI=1S/C13H27N3O3/c1-11(2)16(10-13(18)19-4)9-6-12(17)15(3)8-5-7-14/h11H,5-10,14H2,1-4H3. The highest BCUT2D eigenvalue weighted by Gasteiger charge is 2.16. The summed E-state index contributed by atoms with van der Waals surface area (Å²) < 4.78 is 4.65. The Balaban J connectivity index is 4.16. The average Bonchev–Trinajstić information content (AvgIpc) is 2.39. The molecule has 2 N–H and O–H groups in total. The summed E-state index contributed by atoms with van der Waals surface area (Å²) in [5.74, 6) is -0.207. The number of rotatable bonds is 9. The molecule has 0 saturated heterocycles. The molecule has 112 valence electrons. The van der Waals surface area contributed by atoms with E-state index in [4.69, 9.17) is 5.73 Å². The zero-order valence-electron chi connectivity index (χ0n) is 12.5. The van der Waals surface area contributed by atoms with E-state index in [0.29, 0.717) is 26.1 Å². The molecular formula is C13H27N3O3. The van der Waals surface area contributed by atoms with Crippen LogP contribution in [-0.4, -0.2) is 68.1 Å². The van der Waals surface area contributed by atoms with E-state index in [9.17, 15) is 9.59 Å². The first-order valence-electron chi connectivity index (χ1n) is 6.67. The molecule has 6 heteroatoms. The minimum absolute atomic E-state index is 0.0731. The third-order valence-corrected chi connectivity index (χ3v) is 3.03. The van der Waals surface area contributed by atoms with Crippen molar-refractivity contribution in [1.29, 1.82) is 0 Å². The predicted molar refractivity (Wildman–Crippen MR) is 74.7 cm³/mol. The van der Waals surface area contributed by atoms with Gasteiger partial charge >= 0.3 is 5.97 Å². The maximum absolute atomic E-state index is 11.9. The van der Waals surface area contributed by atoms with Crippen LogP contribution < -0.4 is 5.73 Å². The quantitative estimate of drug-likeness (QED) is 0.602. The molecule has 0 spiro atoms. The first-order valence-corrected chi connectivity index (χ1v) is 6.67. The smallest absolute Gasteiger partial charge is 0.319 e. The van der Waals surface area contributed by atoms with Gasteiger partial charge in [-0.1, -0.05) is 0 Å². The number of hydrogen-bond acceptors (Lipinski definition) is 5. The normalized spacial score (nSPS) is 10.9. The van der Waals surface area contributed by atoms with Crippen molar-refractivity contribution in [3.8, 4) is 0 Å². The van der Waals surface area contributed by atoms with Crippen LogP contribution in [0.2, 0.25) is 0 Å². The molecule has 0 aromatic carbocycles. The summed E-state index contributed by atoms with van der Waals surface area (Å²) in [6, 6.07) is 0.196. The van der Waals surface area contributed by atoms with Crippen LogP contribution in [0, 0.1) is 0 Å². The van der Waals surface area contributed by atoms with Gasteiger partial charge in [0.1, 0.15) is 0 Å². The van der Waals surface area contributed by atoms with Crippen molar-refractivity contribution in [2.45, 2.75) is 32.7 Å².